The van der Waals surface area contributed by atoms with Crippen molar-refractivity contribution in [1.82, 2.24) is 0 Å². The van der Waals surface area contributed by atoms with Gasteiger partial charge in [-0.2, -0.15) is 0 Å². The van der Waals surface area contributed by atoms with Gasteiger partial charge in [0, 0.05) is 10.9 Å². The van der Waals surface area contributed by atoms with Gasteiger partial charge in [-0.1, -0.05) is 18.2 Å². The highest BCUT2D eigenvalue weighted by Gasteiger charge is 2.04. The number of rotatable bonds is 2. The van der Waals surface area contributed by atoms with Gasteiger partial charge in [-0.3, -0.25) is 4.79 Å². The Kier molecular flexibility index (Phi) is 2.60. The molecule has 0 unspecified atom stereocenters. The molecule has 1 aromatic heterocycles. The molecule has 14 heavy (non-hydrogen) atoms. The van der Waals surface area contributed by atoms with Crippen molar-refractivity contribution < 1.29 is 4.79 Å². The number of anilines is 1. The maximum atomic E-state index is 11.6. The summed E-state index contributed by atoms with van der Waals surface area (Å²) in [5, 5.41) is 6.52. The van der Waals surface area contributed by atoms with Crippen LogP contribution in [0.2, 0.25) is 0 Å². The highest BCUT2D eigenvalue weighted by Crippen LogP contribution is 2.15. The van der Waals surface area contributed by atoms with Crippen molar-refractivity contribution in [2.24, 2.45) is 0 Å². The van der Waals surface area contributed by atoms with E-state index in [1.54, 1.807) is 18.2 Å². The van der Waals surface area contributed by atoms with Crippen LogP contribution in [0, 0.1) is 5.38 Å². The number of carbonyl (C=O) groups is 1. The van der Waals surface area contributed by atoms with E-state index >= 15 is 0 Å². The Balaban J connectivity index is 2.11. The smallest absolute Gasteiger partial charge is 0.256 e. The Labute approximate surface area is 86.2 Å². The standard InChI is InChI=1S/C11H8NOS/c13-11(9-5-2-1-3-6-9)12-10-7-4-8-14-10/h1-7H,(H,12,13). The van der Waals surface area contributed by atoms with E-state index in [1.807, 2.05) is 24.3 Å². The zero-order valence-corrected chi connectivity index (χ0v) is 8.17. The molecule has 0 aliphatic rings. The second-order valence-electron chi connectivity index (χ2n) is 2.74. The Hall–Kier alpha value is -1.61. The van der Waals surface area contributed by atoms with Crippen LogP contribution in [0.15, 0.2) is 42.5 Å². The van der Waals surface area contributed by atoms with Gasteiger partial charge in [0.25, 0.3) is 5.91 Å². The zero-order valence-electron chi connectivity index (χ0n) is 7.36. The molecule has 3 heteroatoms. The molecule has 0 spiro atoms. The second kappa shape index (κ2) is 4.07. The molecular formula is C11H8NOS. The van der Waals surface area contributed by atoms with Crippen molar-refractivity contribution in [2.45, 2.75) is 0 Å². The van der Waals surface area contributed by atoms with Gasteiger partial charge in [-0.05, 0) is 24.3 Å². The maximum absolute atomic E-state index is 11.6. The monoisotopic (exact) mass is 202 g/mol. The molecule has 0 bridgehead atoms. The molecular weight excluding hydrogens is 194 g/mol. The lowest BCUT2D eigenvalue weighted by atomic mass is 10.2. The van der Waals surface area contributed by atoms with Gasteiger partial charge < -0.3 is 5.32 Å². The minimum absolute atomic E-state index is 0.0820. The average Bonchev–Trinajstić information content (AvgIpc) is 2.72. The van der Waals surface area contributed by atoms with E-state index in [1.165, 1.54) is 11.3 Å². The van der Waals surface area contributed by atoms with Crippen LogP contribution < -0.4 is 5.32 Å². The van der Waals surface area contributed by atoms with Crippen LogP contribution in [-0.2, 0) is 0 Å². The fraction of sp³-hybridized carbons (Fsp3) is 0. The summed E-state index contributed by atoms with van der Waals surface area (Å²) in [6.07, 6.45) is 0. The number of hydrogen-bond donors (Lipinski definition) is 1. The molecule has 0 saturated carbocycles. The molecule has 2 aromatic rings. The zero-order chi connectivity index (χ0) is 9.80. The molecule has 0 atom stereocenters. The topological polar surface area (TPSA) is 29.1 Å². The normalized spacial score (nSPS) is 9.71. The van der Waals surface area contributed by atoms with Crippen molar-refractivity contribution in [1.29, 1.82) is 0 Å². The molecule has 69 valence electrons. The fourth-order valence-electron chi connectivity index (χ4n) is 1.08. The van der Waals surface area contributed by atoms with Gasteiger partial charge in [-0.15, -0.1) is 11.3 Å². The summed E-state index contributed by atoms with van der Waals surface area (Å²) in [7, 11) is 0. The van der Waals surface area contributed by atoms with Crippen molar-refractivity contribution in [3.8, 4) is 0 Å². The minimum Gasteiger partial charge on any atom is -0.314 e. The predicted molar refractivity (Wildman–Crippen MR) is 57.6 cm³/mol. The van der Waals surface area contributed by atoms with E-state index in [2.05, 4.69) is 10.7 Å². The molecule has 1 amide bonds. The number of hydrogen-bond acceptors (Lipinski definition) is 2. The highest BCUT2D eigenvalue weighted by molar-refractivity contribution is 7.13. The van der Waals surface area contributed by atoms with Crippen molar-refractivity contribution in [3.05, 3.63) is 53.4 Å². The van der Waals surface area contributed by atoms with E-state index < -0.39 is 0 Å². The van der Waals surface area contributed by atoms with Crippen LogP contribution in [0.4, 0.5) is 5.00 Å². The van der Waals surface area contributed by atoms with Crippen molar-refractivity contribution in [2.75, 3.05) is 5.32 Å². The summed E-state index contributed by atoms with van der Waals surface area (Å²) >= 11 is 1.39. The minimum atomic E-state index is -0.0820. The summed E-state index contributed by atoms with van der Waals surface area (Å²) in [5.41, 5.74) is 0.668. The third-order valence-corrected chi connectivity index (χ3v) is 2.46. The predicted octanol–water partition coefficient (Wildman–Crippen LogP) is 2.80. The van der Waals surface area contributed by atoms with Gasteiger partial charge >= 0.3 is 0 Å². The number of nitrogens with one attached hydrogen (secondary N) is 1. The van der Waals surface area contributed by atoms with E-state index in [0.29, 0.717) is 5.56 Å². The second-order valence-corrected chi connectivity index (χ2v) is 3.62. The van der Waals surface area contributed by atoms with Gasteiger partial charge in [0.1, 0.15) is 0 Å². The average molecular weight is 202 g/mol. The van der Waals surface area contributed by atoms with Crippen LogP contribution in [0.5, 0.6) is 0 Å². The van der Waals surface area contributed by atoms with Crippen LogP contribution in [-0.4, -0.2) is 5.91 Å². The molecule has 1 N–H and O–H groups in total. The van der Waals surface area contributed by atoms with Gasteiger partial charge in [0.05, 0.1) is 5.00 Å². The molecule has 1 aromatic carbocycles. The molecule has 1 heterocycles. The third kappa shape index (κ3) is 2.00. The first-order valence-corrected chi connectivity index (χ1v) is 5.00. The molecule has 0 aliphatic heterocycles. The number of amides is 1. The van der Waals surface area contributed by atoms with Gasteiger partial charge in [-0.25, -0.2) is 0 Å². The molecule has 0 fully saturated rings. The van der Waals surface area contributed by atoms with Crippen molar-refractivity contribution >= 4 is 22.2 Å². The Morgan fingerprint density at radius 3 is 2.64 bits per heavy atom. The number of thiophene rings is 1. The Bertz CT molecular complexity index is 408. The van der Waals surface area contributed by atoms with E-state index in [-0.39, 0.29) is 5.91 Å². The molecule has 0 saturated heterocycles. The number of carbonyl (C=O) groups excluding carboxylic acids is 1. The largest absolute Gasteiger partial charge is 0.314 e. The van der Waals surface area contributed by atoms with E-state index in [4.69, 9.17) is 0 Å². The maximum Gasteiger partial charge on any atom is 0.256 e. The van der Waals surface area contributed by atoms with E-state index in [9.17, 15) is 4.79 Å². The SMILES string of the molecule is O=C(Nc1cc[c]s1)c1ccccc1. The molecule has 1 radical (unpaired) electrons. The Morgan fingerprint density at radius 1 is 1.21 bits per heavy atom. The lowest BCUT2D eigenvalue weighted by molar-refractivity contribution is 0.102. The first-order chi connectivity index (χ1) is 6.86. The summed E-state index contributed by atoms with van der Waals surface area (Å²) in [5.74, 6) is -0.0820. The lowest BCUT2D eigenvalue weighted by Gasteiger charge is -2.00. The third-order valence-electron chi connectivity index (χ3n) is 1.74. The van der Waals surface area contributed by atoms with Gasteiger partial charge in [0.15, 0.2) is 0 Å². The molecule has 0 aliphatic carbocycles. The van der Waals surface area contributed by atoms with Crippen molar-refractivity contribution in [3.63, 3.8) is 0 Å². The van der Waals surface area contributed by atoms with Crippen LogP contribution >= 0.6 is 11.3 Å². The summed E-state index contributed by atoms with van der Waals surface area (Å²) in [4.78, 5) is 11.6. The first-order valence-electron chi connectivity index (χ1n) is 4.18. The van der Waals surface area contributed by atoms with Crippen LogP contribution in [0.1, 0.15) is 10.4 Å². The first kappa shape index (κ1) is 8.97. The Morgan fingerprint density at radius 2 is 2.00 bits per heavy atom. The quantitative estimate of drug-likeness (QED) is 0.797. The molecule has 2 rings (SSSR count). The van der Waals surface area contributed by atoms with Crippen LogP contribution in [0.25, 0.3) is 0 Å². The molecule has 2 nitrogen and oxygen atoms in total. The fourth-order valence-corrected chi connectivity index (χ4v) is 1.62. The van der Waals surface area contributed by atoms with Gasteiger partial charge in [0.2, 0.25) is 0 Å². The highest BCUT2D eigenvalue weighted by atomic mass is 32.1. The lowest BCUT2D eigenvalue weighted by Crippen LogP contribution is -2.10. The number of benzene rings is 1. The summed E-state index contributed by atoms with van der Waals surface area (Å²) < 4.78 is 0. The van der Waals surface area contributed by atoms with E-state index in [0.717, 1.165) is 5.00 Å². The summed E-state index contributed by atoms with van der Waals surface area (Å²) in [6, 6.07) is 12.7. The van der Waals surface area contributed by atoms with Crippen LogP contribution in [0.3, 0.4) is 0 Å². The summed E-state index contributed by atoms with van der Waals surface area (Å²) in [6.45, 7) is 0.